The number of sulfone groups is 1. The third-order valence-electron chi connectivity index (χ3n) is 4.91. The average molecular weight is 438 g/mol. The van der Waals surface area contributed by atoms with E-state index >= 15 is 0 Å². The van der Waals surface area contributed by atoms with Gasteiger partial charge >= 0.3 is 0 Å². The van der Waals surface area contributed by atoms with Crippen molar-refractivity contribution in [3.05, 3.63) is 63.2 Å². The molecule has 2 aromatic rings. The molecule has 0 radical (unpaired) electrons. The molecule has 0 N–H and O–H groups in total. The number of nitrogens with zero attached hydrogens (tertiary/aromatic N) is 3. The lowest BCUT2D eigenvalue weighted by Gasteiger charge is -2.34. The maximum atomic E-state index is 12.9. The Morgan fingerprint density at radius 1 is 1.14 bits per heavy atom. The van der Waals surface area contributed by atoms with Crippen molar-refractivity contribution in [3.63, 3.8) is 0 Å². The Morgan fingerprint density at radius 2 is 1.83 bits per heavy atom. The number of nitro benzene ring substituents is 1. The smallest absolute Gasteiger partial charge is 0.289 e. The highest BCUT2D eigenvalue weighted by Gasteiger charge is 2.30. The van der Waals surface area contributed by atoms with Gasteiger partial charge in [0.2, 0.25) is 9.84 Å². The summed E-state index contributed by atoms with van der Waals surface area (Å²) in [6.45, 7) is 5.42. The lowest BCUT2D eigenvalue weighted by Crippen LogP contribution is -2.48. The zero-order valence-electron chi connectivity index (χ0n) is 15.7. The predicted molar refractivity (Wildman–Crippen MR) is 108 cm³/mol. The topological polar surface area (TPSA) is 101 Å². The van der Waals surface area contributed by atoms with Crippen LogP contribution >= 0.6 is 11.6 Å². The highest BCUT2D eigenvalue weighted by molar-refractivity contribution is 7.91. The molecule has 1 amide bonds. The zero-order valence-corrected chi connectivity index (χ0v) is 17.3. The first-order chi connectivity index (χ1) is 13.7. The molecular formula is C19H20ClN3O5S. The highest BCUT2D eigenvalue weighted by Crippen LogP contribution is 2.31. The molecule has 1 fully saturated rings. The average Bonchev–Trinajstić information content (AvgIpc) is 2.72. The van der Waals surface area contributed by atoms with Crippen LogP contribution in [0.1, 0.15) is 17.3 Å². The van der Waals surface area contributed by atoms with Gasteiger partial charge in [0, 0.05) is 42.8 Å². The van der Waals surface area contributed by atoms with Gasteiger partial charge in [-0.05, 0) is 36.9 Å². The second-order valence-corrected chi connectivity index (χ2v) is 8.98. The van der Waals surface area contributed by atoms with Gasteiger partial charge in [-0.2, -0.15) is 0 Å². The Kier molecular flexibility index (Phi) is 6.21. The second-order valence-electron chi connectivity index (χ2n) is 6.63. The van der Waals surface area contributed by atoms with Crippen molar-refractivity contribution in [1.82, 2.24) is 9.80 Å². The molecule has 0 atom stereocenters. The third-order valence-corrected chi connectivity index (χ3v) is 6.94. The minimum absolute atomic E-state index is 0.0895. The second kappa shape index (κ2) is 8.48. The van der Waals surface area contributed by atoms with Crippen LogP contribution in [0.2, 0.25) is 5.02 Å². The first-order valence-corrected chi connectivity index (χ1v) is 10.9. The Labute approximate surface area is 173 Å². The Morgan fingerprint density at radius 3 is 2.41 bits per heavy atom. The quantitative estimate of drug-likeness (QED) is 0.526. The number of carbonyl (C=O) groups excluding carboxylic acids is 1. The molecule has 154 valence electrons. The third kappa shape index (κ3) is 4.42. The van der Waals surface area contributed by atoms with Crippen molar-refractivity contribution in [2.75, 3.05) is 32.7 Å². The van der Waals surface area contributed by atoms with Crippen LogP contribution in [0.3, 0.4) is 0 Å². The van der Waals surface area contributed by atoms with Crippen LogP contribution in [-0.2, 0) is 9.84 Å². The van der Waals surface area contributed by atoms with Crippen molar-refractivity contribution in [3.8, 4) is 0 Å². The molecule has 0 aliphatic carbocycles. The largest absolute Gasteiger partial charge is 0.336 e. The number of hydrogen-bond donors (Lipinski definition) is 0. The van der Waals surface area contributed by atoms with Gasteiger partial charge in [0.15, 0.2) is 0 Å². The van der Waals surface area contributed by atoms with Crippen molar-refractivity contribution in [2.24, 2.45) is 0 Å². The molecule has 10 heteroatoms. The molecule has 1 aliphatic heterocycles. The van der Waals surface area contributed by atoms with E-state index in [1.807, 2.05) is 6.92 Å². The predicted octanol–water partition coefficient (Wildman–Crippen LogP) is 2.86. The summed E-state index contributed by atoms with van der Waals surface area (Å²) in [6.07, 6.45) is 0. The number of rotatable bonds is 5. The number of hydrogen-bond acceptors (Lipinski definition) is 6. The van der Waals surface area contributed by atoms with E-state index in [9.17, 15) is 23.3 Å². The summed E-state index contributed by atoms with van der Waals surface area (Å²) in [6, 6.07) is 8.98. The summed E-state index contributed by atoms with van der Waals surface area (Å²) >= 11 is 5.86. The van der Waals surface area contributed by atoms with Crippen LogP contribution in [0.15, 0.2) is 52.3 Å². The van der Waals surface area contributed by atoms with Gasteiger partial charge in [-0.25, -0.2) is 8.42 Å². The molecule has 0 bridgehead atoms. The van der Waals surface area contributed by atoms with Crippen molar-refractivity contribution in [2.45, 2.75) is 16.7 Å². The summed E-state index contributed by atoms with van der Waals surface area (Å²) in [7, 11) is -4.17. The van der Waals surface area contributed by atoms with Gasteiger partial charge in [0.25, 0.3) is 11.6 Å². The zero-order chi connectivity index (χ0) is 21.2. The summed E-state index contributed by atoms with van der Waals surface area (Å²) in [5.41, 5.74) is -0.547. The fourth-order valence-corrected chi connectivity index (χ4v) is 4.94. The summed E-state index contributed by atoms with van der Waals surface area (Å²) in [5, 5.41) is 11.8. The molecule has 1 aliphatic rings. The monoisotopic (exact) mass is 437 g/mol. The highest BCUT2D eigenvalue weighted by atomic mass is 35.5. The SMILES string of the molecule is CCN1CCN(C(=O)c2ccc(S(=O)(=O)c3cccc(Cl)c3)c([N+](=O)[O-])c2)CC1. The van der Waals surface area contributed by atoms with Crippen molar-refractivity contribution in [1.29, 1.82) is 0 Å². The normalized spacial score (nSPS) is 15.3. The molecule has 0 spiro atoms. The van der Waals surface area contributed by atoms with Gasteiger partial charge in [0.1, 0.15) is 4.90 Å². The van der Waals surface area contributed by atoms with Crippen LogP contribution in [0.5, 0.6) is 0 Å². The molecule has 0 aromatic heterocycles. The first kappa shape index (κ1) is 21.2. The van der Waals surface area contributed by atoms with Crippen LogP contribution in [0.4, 0.5) is 5.69 Å². The van der Waals surface area contributed by atoms with E-state index in [1.165, 1.54) is 30.3 Å². The van der Waals surface area contributed by atoms with Crippen molar-refractivity contribution >= 4 is 33.0 Å². The van der Waals surface area contributed by atoms with Gasteiger partial charge in [-0.3, -0.25) is 14.9 Å². The molecule has 2 aromatic carbocycles. The summed E-state index contributed by atoms with van der Waals surface area (Å²) in [4.78, 5) is 26.8. The van der Waals surface area contributed by atoms with E-state index in [0.717, 1.165) is 31.8 Å². The Hall–Kier alpha value is -2.49. The van der Waals surface area contributed by atoms with Gasteiger partial charge in [0.05, 0.1) is 9.82 Å². The number of benzene rings is 2. The van der Waals surface area contributed by atoms with Crippen molar-refractivity contribution < 1.29 is 18.1 Å². The van der Waals surface area contributed by atoms with Crippen LogP contribution < -0.4 is 0 Å². The maximum absolute atomic E-state index is 12.9. The first-order valence-electron chi connectivity index (χ1n) is 9.04. The fourth-order valence-electron chi connectivity index (χ4n) is 3.23. The maximum Gasteiger partial charge on any atom is 0.289 e. The van der Waals surface area contributed by atoms with E-state index in [2.05, 4.69) is 4.90 Å². The standard InChI is InChI=1S/C19H20ClN3O5S/c1-2-21-8-10-22(11-9-21)19(24)14-6-7-18(17(12-14)23(25)26)29(27,28)16-5-3-4-15(20)13-16/h3-7,12-13H,2,8-11H2,1H3. The van der Waals surface area contributed by atoms with Gasteiger partial charge < -0.3 is 9.80 Å². The Balaban J connectivity index is 1.96. The van der Waals surface area contributed by atoms with E-state index in [-0.39, 0.29) is 21.4 Å². The number of halogens is 1. The van der Waals surface area contributed by atoms with Crippen LogP contribution in [-0.4, -0.2) is 61.8 Å². The minimum Gasteiger partial charge on any atom is -0.336 e. The summed E-state index contributed by atoms with van der Waals surface area (Å²) in [5.74, 6) is -0.351. The van der Waals surface area contributed by atoms with Gasteiger partial charge in [-0.1, -0.05) is 24.6 Å². The molecule has 8 nitrogen and oxygen atoms in total. The fraction of sp³-hybridized carbons (Fsp3) is 0.316. The molecule has 29 heavy (non-hydrogen) atoms. The number of carbonyl (C=O) groups is 1. The lowest BCUT2D eigenvalue weighted by molar-refractivity contribution is -0.387. The number of likely N-dealkylation sites (N-methyl/N-ethyl adjacent to an activating group) is 1. The number of nitro groups is 1. The molecule has 1 heterocycles. The summed E-state index contributed by atoms with van der Waals surface area (Å²) < 4.78 is 25.8. The number of piperazine rings is 1. The van der Waals surface area contributed by atoms with Crippen LogP contribution in [0, 0.1) is 10.1 Å². The Bertz CT molecular complexity index is 1050. The van der Waals surface area contributed by atoms with E-state index in [1.54, 1.807) is 4.90 Å². The molecule has 0 unspecified atom stereocenters. The van der Waals surface area contributed by atoms with Crippen LogP contribution in [0.25, 0.3) is 0 Å². The molecule has 0 saturated carbocycles. The molecular weight excluding hydrogens is 418 g/mol. The van der Waals surface area contributed by atoms with Gasteiger partial charge in [-0.15, -0.1) is 0 Å². The molecule has 3 rings (SSSR count). The van der Waals surface area contributed by atoms with E-state index in [0.29, 0.717) is 13.1 Å². The van der Waals surface area contributed by atoms with E-state index < -0.39 is 25.3 Å². The minimum atomic E-state index is -4.17. The van der Waals surface area contributed by atoms with E-state index in [4.69, 9.17) is 11.6 Å². The lowest BCUT2D eigenvalue weighted by atomic mass is 10.1. The molecule has 1 saturated heterocycles. The number of amides is 1.